The van der Waals surface area contributed by atoms with Crippen molar-refractivity contribution >= 4 is 57.2 Å². The van der Waals surface area contributed by atoms with Crippen molar-refractivity contribution in [2.24, 2.45) is 0 Å². The van der Waals surface area contributed by atoms with Gasteiger partial charge in [0.2, 0.25) is 0 Å². The van der Waals surface area contributed by atoms with Crippen molar-refractivity contribution in [2.45, 2.75) is 59.3 Å². The summed E-state index contributed by atoms with van der Waals surface area (Å²) in [6.07, 6.45) is 0. The van der Waals surface area contributed by atoms with Crippen LogP contribution in [0.2, 0.25) is 0 Å². The summed E-state index contributed by atoms with van der Waals surface area (Å²) >= 11 is 0. The number of hydrogen-bond acceptors (Lipinski definition) is 2. The molecule has 48 heavy (non-hydrogen) atoms. The molecule has 1 aliphatic carbocycles. The van der Waals surface area contributed by atoms with Crippen molar-refractivity contribution in [2.75, 3.05) is 9.80 Å². The lowest BCUT2D eigenvalue weighted by molar-refractivity contribution is 0.521. The zero-order chi connectivity index (χ0) is 33.1. The number of nitrogens with zero attached hydrogens (tertiary/aromatic N) is 2. The third kappa shape index (κ3) is 3.94. The zero-order valence-electron chi connectivity index (χ0n) is 29.0. The molecule has 2 heterocycles. The van der Waals surface area contributed by atoms with Gasteiger partial charge in [-0.15, -0.1) is 0 Å². The number of benzene rings is 6. The highest BCUT2D eigenvalue weighted by Crippen LogP contribution is 2.52. The van der Waals surface area contributed by atoms with Crippen LogP contribution in [0.25, 0.3) is 0 Å². The van der Waals surface area contributed by atoms with Gasteiger partial charge in [-0.25, -0.2) is 0 Å². The van der Waals surface area contributed by atoms with E-state index in [1.807, 2.05) is 0 Å². The predicted molar refractivity (Wildman–Crippen MR) is 205 cm³/mol. The average molecular weight is 621 g/mol. The van der Waals surface area contributed by atoms with Crippen molar-refractivity contribution < 1.29 is 0 Å². The second-order valence-corrected chi connectivity index (χ2v) is 15.3. The molecule has 6 aromatic rings. The highest BCUT2D eigenvalue weighted by molar-refractivity contribution is 7.00. The van der Waals surface area contributed by atoms with Gasteiger partial charge in [0, 0.05) is 45.0 Å². The fourth-order valence-corrected chi connectivity index (χ4v) is 9.00. The van der Waals surface area contributed by atoms with Crippen LogP contribution in [0.4, 0.5) is 34.1 Å². The molecule has 2 aliphatic heterocycles. The predicted octanol–water partition coefficient (Wildman–Crippen LogP) is 9.66. The first kappa shape index (κ1) is 29.1. The Kier molecular flexibility index (Phi) is 6.07. The van der Waals surface area contributed by atoms with Gasteiger partial charge in [-0.3, -0.25) is 0 Å². The fourth-order valence-electron chi connectivity index (χ4n) is 9.00. The Morgan fingerprint density at radius 3 is 1.65 bits per heavy atom. The minimum absolute atomic E-state index is 0.103. The van der Waals surface area contributed by atoms with Gasteiger partial charge < -0.3 is 9.80 Å². The van der Waals surface area contributed by atoms with Gasteiger partial charge in [-0.1, -0.05) is 106 Å². The Morgan fingerprint density at radius 1 is 0.417 bits per heavy atom. The quantitative estimate of drug-likeness (QED) is 0.178. The summed E-state index contributed by atoms with van der Waals surface area (Å²) < 4.78 is 0. The number of hydrogen-bond donors (Lipinski definition) is 0. The van der Waals surface area contributed by atoms with E-state index in [1.54, 1.807) is 0 Å². The Hall–Kier alpha value is -5.02. The third-order valence-corrected chi connectivity index (χ3v) is 11.5. The standard InChI is InChI=1S/C45H41BN2/c1-28-18-21-31(22-19-28)47-39-16-11-17-40-43(39)46(37-23-20-30(3)25-41(37)48(40)32-13-10-12-29(2)24-32)38-26-35-36(27-42(38)47)45(6,7)34-15-9-8-14-33(34)44(35,4)5/h8-27H,1-7H3. The van der Waals surface area contributed by atoms with Crippen molar-refractivity contribution in [1.82, 2.24) is 0 Å². The molecule has 234 valence electrons. The van der Waals surface area contributed by atoms with Crippen LogP contribution in [0.5, 0.6) is 0 Å². The van der Waals surface area contributed by atoms with Gasteiger partial charge >= 0.3 is 0 Å². The van der Waals surface area contributed by atoms with Gasteiger partial charge in [0.15, 0.2) is 0 Å². The van der Waals surface area contributed by atoms with Crippen LogP contribution in [0.1, 0.15) is 66.6 Å². The lowest BCUT2D eigenvalue weighted by atomic mass is 9.33. The highest BCUT2D eigenvalue weighted by atomic mass is 15.2. The van der Waals surface area contributed by atoms with Gasteiger partial charge in [0.1, 0.15) is 0 Å². The van der Waals surface area contributed by atoms with E-state index in [0.717, 1.165) is 0 Å². The molecule has 0 bridgehead atoms. The van der Waals surface area contributed by atoms with Crippen LogP contribution in [0.3, 0.4) is 0 Å². The fraction of sp³-hybridized carbons (Fsp3) is 0.200. The Bertz CT molecular complexity index is 2290. The van der Waals surface area contributed by atoms with Gasteiger partial charge in [-0.05, 0) is 119 Å². The minimum atomic E-state index is -0.138. The van der Waals surface area contributed by atoms with Crippen LogP contribution in [-0.2, 0) is 10.8 Å². The number of anilines is 6. The summed E-state index contributed by atoms with van der Waals surface area (Å²) in [6, 6.07) is 46.3. The van der Waals surface area contributed by atoms with Crippen LogP contribution in [-0.4, -0.2) is 6.71 Å². The highest BCUT2D eigenvalue weighted by Gasteiger charge is 2.47. The summed E-state index contributed by atoms with van der Waals surface area (Å²) in [4.78, 5) is 5.05. The monoisotopic (exact) mass is 620 g/mol. The summed E-state index contributed by atoms with van der Waals surface area (Å²) in [7, 11) is 0. The van der Waals surface area contributed by atoms with E-state index in [0.29, 0.717) is 0 Å². The van der Waals surface area contributed by atoms with Gasteiger partial charge in [0.25, 0.3) is 6.71 Å². The van der Waals surface area contributed by atoms with Gasteiger partial charge in [0.05, 0.1) is 0 Å². The topological polar surface area (TPSA) is 6.48 Å². The molecule has 2 nitrogen and oxygen atoms in total. The second-order valence-electron chi connectivity index (χ2n) is 15.3. The summed E-state index contributed by atoms with van der Waals surface area (Å²) in [6.45, 7) is 16.3. The normalized spacial score (nSPS) is 16.0. The van der Waals surface area contributed by atoms with Crippen molar-refractivity contribution in [3.8, 4) is 0 Å². The molecular weight excluding hydrogens is 579 g/mol. The Labute approximate surface area is 285 Å². The average Bonchev–Trinajstić information content (AvgIpc) is 3.07. The van der Waals surface area contributed by atoms with E-state index in [-0.39, 0.29) is 17.5 Å². The molecule has 0 spiro atoms. The minimum Gasteiger partial charge on any atom is -0.311 e. The van der Waals surface area contributed by atoms with Crippen molar-refractivity contribution in [3.05, 3.63) is 160 Å². The van der Waals surface area contributed by atoms with Crippen LogP contribution in [0, 0.1) is 20.8 Å². The third-order valence-electron chi connectivity index (χ3n) is 11.5. The van der Waals surface area contributed by atoms with E-state index >= 15 is 0 Å². The number of rotatable bonds is 2. The summed E-state index contributed by atoms with van der Waals surface area (Å²) in [5.74, 6) is 0. The second kappa shape index (κ2) is 10.00. The summed E-state index contributed by atoms with van der Waals surface area (Å²) in [5.41, 5.74) is 20.8. The van der Waals surface area contributed by atoms with E-state index in [9.17, 15) is 0 Å². The Balaban J connectivity index is 1.40. The van der Waals surface area contributed by atoms with E-state index < -0.39 is 0 Å². The van der Waals surface area contributed by atoms with Crippen LogP contribution in [0.15, 0.2) is 121 Å². The first-order valence-corrected chi connectivity index (χ1v) is 17.3. The molecule has 0 N–H and O–H groups in total. The van der Waals surface area contributed by atoms with E-state index in [4.69, 9.17) is 0 Å². The SMILES string of the molecule is Cc1ccc(N2c3cc4c(cc3B3c5ccc(C)cc5N(c5cccc(C)c5)c5cccc2c53)C(C)(C)c2ccccc2C4(C)C)cc1. The molecule has 0 atom stereocenters. The lowest BCUT2D eigenvalue weighted by Gasteiger charge is -2.48. The molecule has 6 aromatic carbocycles. The summed E-state index contributed by atoms with van der Waals surface area (Å²) in [5, 5.41) is 0. The molecule has 9 rings (SSSR count). The molecule has 3 heteroatoms. The first-order valence-electron chi connectivity index (χ1n) is 17.3. The van der Waals surface area contributed by atoms with Crippen molar-refractivity contribution in [1.29, 1.82) is 0 Å². The largest absolute Gasteiger partial charge is 0.311 e. The molecule has 3 aliphatic rings. The molecular formula is C45H41BN2. The number of fused-ring (bicyclic) bond motifs is 6. The Morgan fingerprint density at radius 2 is 0.979 bits per heavy atom. The molecule has 0 unspecified atom stereocenters. The van der Waals surface area contributed by atoms with E-state index in [1.165, 1.54) is 89.5 Å². The van der Waals surface area contributed by atoms with Crippen LogP contribution >= 0.6 is 0 Å². The zero-order valence-corrected chi connectivity index (χ0v) is 29.0. The molecule has 0 aromatic heterocycles. The molecule has 0 radical (unpaired) electrons. The smallest absolute Gasteiger partial charge is 0.252 e. The van der Waals surface area contributed by atoms with E-state index in [2.05, 4.69) is 180 Å². The molecule has 0 saturated heterocycles. The van der Waals surface area contributed by atoms with Crippen LogP contribution < -0.4 is 26.2 Å². The maximum atomic E-state index is 2.60. The lowest BCUT2D eigenvalue weighted by Crippen LogP contribution is -2.61. The maximum Gasteiger partial charge on any atom is 0.252 e. The molecule has 0 fully saturated rings. The van der Waals surface area contributed by atoms with Crippen molar-refractivity contribution in [3.63, 3.8) is 0 Å². The molecule has 0 saturated carbocycles. The molecule has 0 amide bonds. The maximum absolute atomic E-state index is 2.60. The number of aryl methyl sites for hydroxylation is 3. The first-order chi connectivity index (χ1) is 23.1. The van der Waals surface area contributed by atoms with Gasteiger partial charge in [-0.2, -0.15) is 0 Å².